The number of rotatable bonds is 3. The molecule has 1 aliphatic carbocycles. The van der Waals surface area contributed by atoms with Crippen LogP contribution in [0.1, 0.15) is 37.6 Å². The fraction of sp³-hybridized carbons (Fsp3) is 0.538. The van der Waals surface area contributed by atoms with Gasteiger partial charge in [-0.3, -0.25) is 4.79 Å². The Labute approximate surface area is 111 Å². The number of aromatic nitrogens is 2. The number of carboxylic acids is 1. The smallest absolute Gasteiger partial charge is 0.311 e. The minimum absolute atomic E-state index is 0.210. The van der Waals surface area contributed by atoms with E-state index in [1.807, 2.05) is 6.07 Å². The van der Waals surface area contributed by atoms with Crippen LogP contribution in [0.5, 0.6) is 0 Å². The zero-order chi connectivity index (χ0) is 14.0. The van der Waals surface area contributed by atoms with Crippen LogP contribution in [-0.4, -0.2) is 27.1 Å². The SMILES string of the molecule is Cc1cc(C#N)nc(NC2CCCC2(C)C(=O)O)n1. The van der Waals surface area contributed by atoms with Crippen LogP contribution in [0.15, 0.2) is 6.07 Å². The van der Waals surface area contributed by atoms with Crippen molar-refractivity contribution in [3.63, 3.8) is 0 Å². The number of hydrogen-bond acceptors (Lipinski definition) is 5. The van der Waals surface area contributed by atoms with E-state index < -0.39 is 11.4 Å². The van der Waals surface area contributed by atoms with Gasteiger partial charge < -0.3 is 10.4 Å². The average molecular weight is 260 g/mol. The van der Waals surface area contributed by atoms with Gasteiger partial charge in [-0.05, 0) is 32.8 Å². The minimum Gasteiger partial charge on any atom is -0.481 e. The highest BCUT2D eigenvalue weighted by molar-refractivity contribution is 5.76. The molecule has 1 fully saturated rings. The first kappa shape index (κ1) is 13.3. The third-order valence-electron chi connectivity index (χ3n) is 3.72. The molecule has 1 heterocycles. The molecular formula is C13H16N4O2. The lowest BCUT2D eigenvalue weighted by molar-refractivity contribution is -0.147. The van der Waals surface area contributed by atoms with E-state index in [0.29, 0.717) is 18.1 Å². The van der Waals surface area contributed by atoms with E-state index in [2.05, 4.69) is 15.3 Å². The lowest BCUT2D eigenvalue weighted by Gasteiger charge is -2.27. The summed E-state index contributed by atoms with van der Waals surface area (Å²) in [5, 5.41) is 21.3. The molecule has 0 saturated heterocycles. The molecule has 0 spiro atoms. The van der Waals surface area contributed by atoms with Gasteiger partial charge in [0.2, 0.25) is 5.95 Å². The van der Waals surface area contributed by atoms with Crippen molar-refractivity contribution in [3.05, 3.63) is 17.5 Å². The van der Waals surface area contributed by atoms with Crippen molar-refractivity contribution in [3.8, 4) is 6.07 Å². The zero-order valence-corrected chi connectivity index (χ0v) is 11.0. The Balaban J connectivity index is 2.24. The van der Waals surface area contributed by atoms with E-state index in [-0.39, 0.29) is 11.7 Å². The Morgan fingerprint density at radius 2 is 2.37 bits per heavy atom. The molecule has 0 bridgehead atoms. The molecule has 0 aromatic carbocycles. The molecule has 0 radical (unpaired) electrons. The summed E-state index contributed by atoms with van der Waals surface area (Å²) in [6.45, 7) is 3.51. The van der Waals surface area contributed by atoms with Crippen molar-refractivity contribution in [1.82, 2.24) is 9.97 Å². The monoisotopic (exact) mass is 260 g/mol. The van der Waals surface area contributed by atoms with E-state index in [1.54, 1.807) is 19.9 Å². The lowest BCUT2D eigenvalue weighted by Crippen LogP contribution is -2.40. The van der Waals surface area contributed by atoms with Crippen LogP contribution in [0.4, 0.5) is 5.95 Å². The molecule has 19 heavy (non-hydrogen) atoms. The molecule has 1 aromatic heterocycles. The van der Waals surface area contributed by atoms with Gasteiger partial charge in [0.25, 0.3) is 0 Å². The van der Waals surface area contributed by atoms with Crippen LogP contribution >= 0.6 is 0 Å². The first-order chi connectivity index (χ1) is 8.95. The summed E-state index contributed by atoms with van der Waals surface area (Å²) in [6, 6.07) is 3.35. The normalized spacial score (nSPS) is 25.8. The molecule has 2 N–H and O–H groups in total. The first-order valence-corrected chi connectivity index (χ1v) is 6.21. The predicted molar refractivity (Wildman–Crippen MR) is 68.5 cm³/mol. The first-order valence-electron chi connectivity index (χ1n) is 6.21. The number of nitriles is 1. The zero-order valence-electron chi connectivity index (χ0n) is 11.0. The molecule has 1 saturated carbocycles. The highest BCUT2D eigenvalue weighted by Gasteiger charge is 2.45. The third-order valence-corrected chi connectivity index (χ3v) is 3.72. The van der Waals surface area contributed by atoms with Crippen LogP contribution in [-0.2, 0) is 4.79 Å². The molecule has 6 nitrogen and oxygen atoms in total. The highest BCUT2D eigenvalue weighted by Crippen LogP contribution is 2.39. The number of carboxylic acid groups (broad SMARTS) is 1. The number of aryl methyl sites for hydroxylation is 1. The second-order valence-corrected chi connectivity index (χ2v) is 5.14. The minimum atomic E-state index is -0.810. The molecule has 100 valence electrons. The van der Waals surface area contributed by atoms with E-state index >= 15 is 0 Å². The molecule has 0 aliphatic heterocycles. The number of nitrogens with one attached hydrogen (secondary N) is 1. The van der Waals surface area contributed by atoms with Crippen LogP contribution in [0, 0.1) is 23.7 Å². The van der Waals surface area contributed by atoms with Gasteiger partial charge in [-0.1, -0.05) is 6.42 Å². The van der Waals surface area contributed by atoms with Gasteiger partial charge >= 0.3 is 5.97 Å². The molecule has 2 atom stereocenters. The quantitative estimate of drug-likeness (QED) is 0.858. The van der Waals surface area contributed by atoms with Crippen LogP contribution < -0.4 is 5.32 Å². The summed E-state index contributed by atoms with van der Waals surface area (Å²) < 4.78 is 0. The highest BCUT2D eigenvalue weighted by atomic mass is 16.4. The summed E-state index contributed by atoms with van der Waals surface area (Å²) in [5.74, 6) is -0.480. The van der Waals surface area contributed by atoms with Gasteiger partial charge in [0.1, 0.15) is 11.8 Å². The van der Waals surface area contributed by atoms with Crippen molar-refractivity contribution in [1.29, 1.82) is 5.26 Å². The Morgan fingerprint density at radius 1 is 1.63 bits per heavy atom. The lowest BCUT2D eigenvalue weighted by atomic mass is 9.85. The summed E-state index contributed by atoms with van der Waals surface area (Å²) in [7, 11) is 0. The van der Waals surface area contributed by atoms with Gasteiger partial charge in [0, 0.05) is 11.7 Å². The van der Waals surface area contributed by atoms with Crippen molar-refractivity contribution < 1.29 is 9.90 Å². The molecule has 1 aliphatic rings. The molecule has 6 heteroatoms. The molecule has 1 aromatic rings. The molecular weight excluding hydrogens is 244 g/mol. The number of aliphatic carboxylic acids is 1. The molecule has 2 rings (SSSR count). The maximum atomic E-state index is 11.4. The second-order valence-electron chi connectivity index (χ2n) is 5.14. The second kappa shape index (κ2) is 4.84. The van der Waals surface area contributed by atoms with E-state index in [4.69, 9.17) is 5.26 Å². The van der Waals surface area contributed by atoms with Gasteiger partial charge in [-0.25, -0.2) is 9.97 Å². The number of carbonyl (C=O) groups is 1. The van der Waals surface area contributed by atoms with Crippen LogP contribution in [0.2, 0.25) is 0 Å². The third kappa shape index (κ3) is 2.50. The molecule has 2 unspecified atom stereocenters. The number of hydrogen-bond donors (Lipinski definition) is 2. The van der Waals surface area contributed by atoms with E-state index in [0.717, 1.165) is 12.8 Å². The standard InChI is InChI=1S/C13H16N4O2/c1-8-6-9(7-14)16-12(15-8)17-10-4-3-5-13(10,2)11(18)19/h6,10H,3-5H2,1-2H3,(H,18,19)(H,15,16,17). The fourth-order valence-corrected chi connectivity index (χ4v) is 2.50. The van der Waals surface area contributed by atoms with Crippen LogP contribution in [0.25, 0.3) is 0 Å². The number of anilines is 1. The van der Waals surface area contributed by atoms with E-state index in [9.17, 15) is 9.90 Å². The Kier molecular flexibility index (Phi) is 3.38. The molecule has 0 amide bonds. The topological polar surface area (TPSA) is 98.9 Å². The van der Waals surface area contributed by atoms with Gasteiger partial charge in [-0.2, -0.15) is 5.26 Å². The summed E-state index contributed by atoms with van der Waals surface area (Å²) >= 11 is 0. The van der Waals surface area contributed by atoms with Crippen molar-refractivity contribution in [2.24, 2.45) is 5.41 Å². The van der Waals surface area contributed by atoms with Gasteiger partial charge in [0.15, 0.2) is 0 Å². The Hall–Kier alpha value is -2.16. The summed E-state index contributed by atoms with van der Waals surface area (Å²) in [6.07, 6.45) is 2.26. The predicted octanol–water partition coefficient (Wildman–Crippen LogP) is 1.71. The van der Waals surface area contributed by atoms with Crippen molar-refractivity contribution in [2.75, 3.05) is 5.32 Å². The van der Waals surface area contributed by atoms with Crippen molar-refractivity contribution in [2.45, 2.75) is 39.2 Å². The summed E-state index contributed by atoms with van der Waals surface area (Å²) in [4.78, 5) is 19.6. The summed E-state index contributed by atoms with van der Waals surface area (Å²) in [5.41, 5.74) is 0.161. The maximum absolute atomic E-state index is 11.4. The average Bonchev–Trinajstić information content (AvgIpc) is 2.71. The van der Waals surface area contributed by atoms with Gasteiger partial charge in [-0.15, -0.1) is 0 Å². The Morgan fingerprint density at radius 3 is 3.00 bits per heavy atom. The van der Waals surface area contributed by atoms with E-state index in [1.165, 1.54) is 0 Å². The van der Waals surface area contributed by atoms with Crippen molar-refractivity contribution >= 4 is 11.9 Å². The number of nitrogens with zero attached hydrogens (tertiary/aromatic N) is 3. The Bertz CT molecular complexity index is 552. The largest absolute Gasteiger partial charge is 0.481 e. The van der Waals surface area contributed by atoms with Crippen LogP contribution in [0.3, 0.4) is 0 Å². The van der Waals surface area contributed by atoms with Gasteiger partial charge in [0.05, 0.1) is 5.41 Å². The maximum Gasteiger partial charge on any atom is 0.311 e. The fourth-order valence-electron chi connectivity index (χ4n) is 2.50.